The Morgan fingerprint density at radius 2 is 1.12 bits per heavy atom. The van der Waals surface area contributed by atoms with Gasteiger partial charge in [0.1, 0.15) is 0 Å². The van der Waals surface area contributed by atoms with E-state index < -0.39 is 0 Å². The number of benzene rings is 6. The fourth-order valence-electron chi connectivity index (χ4n) is 8.61. The molecule has 6 aromatic rings. The van der Waals surface area contributed by atoms with Crippen molar-refractivity contribution in [2.75, 3.05) is 4.90 Å². The van der Waals surface area contributed by atoms with E-state index in [0.29, 0.717) is 0 Å². The zero-order valence-electron chi connectivity index (χ0n) is 29.6. The van der Waals surface area contributed by atoms with Gasteiger partial charge in [0.05, 0.1) is 5.69 Å². The van der Waals surface area contributed by atoms with E-state index in [9.17, 15) is 0 Å². The minimum Gasteiger partial charge on any atom is -0.310 e. The predicted octanol–water partition coefficient (Wildman–Crippen LogP) is 13.0. The van der Waals surface area contributed by atoms with Crippen LogP contribution in [0, 0.1) is 6.92 Å². The fourth-order valence-corrected chi connectivity index (χ4v) is 8.61. The van der Waals surface area contributed by atoms with Crippen molar-refractivity contribution in [3.63, 3.8) is 0 Å². The minimum absolute atomic E-state index is 0.0309. The Hall–Kier alpha value is -4.88. The summed E-state index contributed by atoms with van der Waals surface area (Å²) in [4.78, 5) is 2.51. The first-order valence-electron chi connectivity index (χ1n) is 17.4. The molecule has 2 aliphatic rings. The van der Waals surface area contributed by atoms with Gasteiger partial charge in [-0.15, -0.1) is 0 Å². The summed E-state index contributed by atoms with van der Waals surface area (Å²) in [6, 6.07) is 47.7. The number of fused-ring (bicyclic) bond motifs is 6. The quantitative estimate of drug-likeness (QED) is 0.189. The molecule has 0 atom stereocenters. The van der Waals surface area contributed by atoms with Crippen LogP contribution in [0.3, 0.4) is 0 Å². The molecule has 8 rings (SSSR count). The molecule has 0 amide bonds. The fraction of sp³-hybridized carbons (Fsp3) is 0.234. The number of anilines is 3. The molecule has 0 fully saturated rings. The van der Waals surface area contributed by atoms with E-state index in [0.717, 1.165) is 5.69 Å². The van der Waals surface area contributed by atoms with Crippen LogP contribution in [0.5, 0.6) is 0 Å². The predicted molar refractivity (Wildman–Crippen MR) is 205 cm³/mol. The number of hydrogen-bond acceptors (Lipinski definition) is 1. The topological polar surface area (TPSA) is 3.24 Å². The summed E-state index contributed by atoms with van der Waals surface area (Å²) in [5, 5.41) is 0. The lowest BCUT2D eigenvalue weighted by Gasteiger charge is -2.31. The Labute approximate surface area is 286 Å². The highest BCUT2D eigenvalue weighted by Gasteiger charge is 2.42. The molecule has 0 heterocycles. The normalized spacial score (nSPS) is 15.0. The van der Waals surface area contributed by atoms with Gasteiger partial charge in [0, 0.05) is 27.8 Å². The summed E-state index contributed by atoms with van der Waals surface area (Å²) >= 11 is 0. The summed E-state index contributed by atoms with van der Waals surface area (Å²) in [7, 11) is 0. The van der Waals surface area contributed by atoms with Gasteiger partial charge in [-0.3, -0.25) is 0 Å². The highest BCUT2D eigenvalue weighted by Crippen LogP contribution is 2.57. The molecule has 0 bridgehead atoms. The second kappa shape index (κ2) is 10.6. The molecule has 2 aliphatic carbocycles. The number of nitrogens with zero attached hydrogens (tertiary/aromatic N) is 1. The third kappa shape index (κ3) is 4.51. The van der Waals surface area contributed by atoms with Crippen molar-refractivity contribution in [2.24, 2.45) is 0 Å². The van der Waals surface area contributed by atoms with E-state index in [2.05, 4.69) is 188 Å². The van der Waals surface area contributed by atoms with Crippen molar-refractivity contribution in [2.45, 2.75) is 71.6 Å². The third-order valence-corrected chi connectivity index (χ3v) is 11.0. The van der Waals surface area contributed by atoms with Crippen molar-refractivity contribution in [3.05, 3.63) is 161 Å². The SMILES string of the molecule is Cc1cc2c(c(C(C)(C)C)c1)C(C)(C)c1cccc(N(c3ccc(-c4ccccc4)cc3)c3ccc4c(c3)C(C)(C)c3ccccc3-4)c1-2. The van der Waals surface area contributed by atoms with Crippen LogP contribution in [0.2, 0.25) is 0 Å². The highest BCUT2D eigenvalue weighted by molar-refractivity contribution is 5.96. The number of rotatable bonds is 4. The highest BCUT2D eigenvalue weighted by atomic mass is 15.1. The zero-order chi connectivity index (χ0) is 33.6. The van der Waals surface area contributed by atoms with Crippen LogP contribution in [-0.2, 0) is 16.2 Å². The smallest absolute Gasteiger partial charge is 0.0543 e. The second-order valence-electron chi connectivity index (χ2n) is 16.0. The van der Waals surface area contributed by atoms with Crippen LogP contribution in [0.15, 0.2) is 127 Å². The molecule has 48 heavy (non-hydrogen) atoms. The van der Waals surface area contributed by atoms with E-state index in [1.807, 2.05) is 0 Å². The van der Waals surface area contributed by atoms with Crippen molar-refractivity contribution in [1.82, 2.24) is 0 Å². The minimum atomic E-state index is -0.124. The van der Waals surface area contributed by atoms with Crippen molar-refractivity contribution < 1.29 is 0 Å². The average molecular weight is 624 g/mol. The molecule has 1 heteroatoms. The lowest BCUT2D eigenvalue weighted by molar-refractivity contribution is 0.556. The molecule has 0 aromatic heterocycles. The molecule has 0 saturated heterocycles. The molecule has 0 spiro atoms. The molecule has 0 saturated carbocycles. The molecular weight excluding hydrogens is 579 g/mol. The summed E-state index contributed by atoms with van der Waals surface area (Å²) < 4.78 is 0. The molecule has 1 nitrogen and oxygen atoms in total. The Morgan fingerprint density at radius 1 is 0.500 bits per heavy atom. The molecule has 238 valence electrons. The van der Waals surface area contributed by atoms with Crippen molar-refractivity contribution in [1.29, 1.82) is 0 Å². The van der Waals surface area contributed by atoms with Gasteiger partial charge in [0.25, 0.3) is 0 Å². The summed E-state index contributed by atoms with van der Waals surface area (Å²) in [5.41, 5.74) is 19.7. The van der Waals surface area contributed by atoms with Crippen LogP contribution >= 0.6 is 0 Å². The van der Waals surface area contributed by atoms with E-state index in [1.54, 1.807) is 0 Å². The third-order valence-electron chi connectivity index (χ3n) is 11.0. The first-order valence-corrected chi connectivity index (χ1v) is 17.4. The van der Waals surface area contributed by atoms with E-state index >= 15 is 0 Å². The summed E-state index contributed by atoms with van der Waals surface area (Å²) in [5.74, 6) is 0. The molecule has 0 radical (unpaired) electrons. The lowest BCUT2D eigenvalue weighted by Crippen LogP contribution is -2.23. The first-order chi connectivity index (χ1) is 22.9. The van der Waals surface area contributed by atoms with Gasteiger partial charge >= 0.3 is 0 Å². The first kappa shape index (κ1) is 30.5. The lowest BCUT2D eigenvalue weighted by atomic mass is 9.73. The van der Waals surface area contributed by atoms with Crippen LogP contribution in [-0.4, -0.2) is 0 Å². The van der Waals surface area contributed by atoms with Crippen LogP contribution in [0.1, 0.15) is 81.8 Å². The largest absolute Gasteiger partial charge is 0.310 e. The summed E-state index contributed by atoms with van der Waals surface area (Å²) in [6.07, 6.45) is 0. The zero-order valence-corrected chi connectivity index (χ0v) is 29.6. The maximum Gasteiger partial charge on any atom is 0.0543 e. The summed E-state index contributed by atoms with van der Waals surface area (Å²) in [6.45, 7) is 18.9. The van der Waals surface area contributed by atoms with E-state index in [1.165, 1.54) is 78.1 Å². The van der Waals surface area contributed by atoms with Gasteiger partial charge in [-0.05, 0) is 98.3 Å². The van der Waals surface area contributed by atoms with Gasteiger partial charge < -0.3 is 4.90 Å². The van der Waals surface area contributed by atoms with Gasteiger partial charge in [-0.25, -0.2) is 0 Å². The number of hydrogen-bond donors (Lipinski definition) is 0. The standard InChI is InChI=1S/C47H45N/c1-30-27-37-43-39(47(7,8)44(37)41(28-30)45(2,3)4)19-14-20-42(43)48(33-23-21-32(22-24-33)31-15-10-9-11-16-31)34-25-26-36-35-17-12-13-18-38(35)46(5,6)40(36)29-34/h9-29H,1-8H3. The van der Waals surface area contributed by atoms with Gasteiger partial charge in [-0.2, -0.15) is 0 Å². The average Bonchev–Trinajstić information content (AvgIpc) is 3.44. The molecule has 6 aromatic carbocycles. The van der Waals surface area contributed by atoms with Crippen molar-refractivity contribution >= 4 is 17.1 Å². The Morgan fingerprint density at radius 3 is 1.85 bits per heavy atom. The van der Waals surface area contributed by atoms with Crippen LogP contribution in [0.4, 0.5) is 17.1 Å². The molecule has 0 unspecified atom stereocenters. The Kier molecular flexibility index (Phi) is 6.70. The molecule has 0 aliphatic heterocycles. The molecular formula is C47H45N. The van der Waals surface area contributed by atoms with Gasteiger partial charge in [0.2, 0.25) is 0 Å². The molecule has 0 N–H and O–H groups in total. The maximum absolute atomic E-state index is 2.51. The van der Waals surface area contributed by atoms with Gasteiger partial charge in [0.15, 0.2) is 0 Å². The Bertz CT molecular complexity index is 2210. The van der Waals surface area contributed by atoms with Gasteiger partial charge in [-0.1, -0.05) is 151 Å². The second-order valence-corrected chi connectivity index (χ2v) is 16.0. The van der Waals surface area contributed by atoms with E-state index in [-0.39, 0.29) is 16.2 Å². The Balaban J connectivity index is 1.38. The van der Waals surface area contributed by atoms with Crippen LogP contribution < -0.4 is 4.90 Å². The monoisotopic (exact) mass is 623 g/mol. The van der Waals surface area contributed by atoms with Crippen molar-refractivity contribution in [3.8, 4) is 33.4 Å². The van der Waals surface area contributed by atoms with Crippen LogP contribution in [0.25, 0.3) is 33.4 Å². The number of aryl methyl sites for hydroxylation is 1. The van der Waals surface area contributed by atoms with E-state index in [4.69, 9.17) is 0 Å². The maximum atomic E-state index is 2.51.